The van der Waals surface area contributed by atoms with Crippen LogP contribution < -0.4 is 0 Å². The van der Waals surface area contributed by atoms with Crippen molar-refractivity contribution in [2.45, 2.75) is 32.5 Å². The van der Waals surface area contributed by atoms with Gasteiger partial charge in [-0.25, -0.2) is 4.79 Å². The minimum absolute atomic E-state index is 0.144. The van der Waals surface area contributed by atoms with Crippen LogP contribution in [0.2, 0.25) is 0 Å². The van der Waals surface area contributed by atoms with Crippen LogP contribution >= 0.6 is 11.3 Å². The molecule has 0 aliphatic carbocycles. The van der Waals surface area contributed by atoms with Gasteiger partial charge in [0.1, 0.15) is 0 Å². The molecule has 1 aromatic heterocycles. The predicted molar refractivity (Wildman–Crippen MR) is 85.7 cm³/mol. The highest BCUT2D eigenvalue weighted by molar-refractivity contribution is 7.16. The number of alkyl halides is 3. The van der Waals surface area contributed by atoms with Crippen molar-refractivity contribution < 1.29 is 27.8 Å². The van der Waals surface area contributed by atoms with Crippen LogP contribution in [-0.4, -0.2) is 17.7 Å². The smallest absolute Gasteiger partial charge is 0.416 e. The third-order valence-corrected chi connectivity index (χ3v) is 5.03. The molecule has 0 fully saturated rings. The van der Waals surface area contributed by atoms with E-state index in [1.165, 1.54) is 19.1 Å². The molecule has 1 unspecified atom stereocenters. The molecular weight excluding hydrogens is 341 g/mol. The molecule has 24 heavy (non-hydrogen) atoms. The number of thiophene rings is 1. The first-order chi connectivity index (χ1) is 11.1. The molecule has 0 bridgehead atoms. The van der Waals surface area contributed by atoms with Crippen molar-refractivity contribution in [2.24, 2.45) is 0 Å². The number of aliphatic hydroxyl groups is 1. The Kier molecular flexibility index (Phi) is 5.05. The number of rotatable bonds is 4. The average molecular weight is 358 g/mol. The second-order valence-corrected chi connectivity index (χ2v) is 6.54. The zero-order valence-electron chi connectivity index (χ0n) is 13.4. The minimum Gasteiger partial charge on any atom is -0.464 e. The Morgan fingerprint density at radius 1 is 1.25 bits per heavy atom. The predicted octanol–water partition coefficient (Wildman–Crippen LogP) is 4.51. The Morgan fingerprint density at radius 2 is 1.83 bits per heavy atom. The van der Waals surface area contributed by atoms with Crippen molar-refractivity contribution in [2.75, 3.05) is 6.61 Å². The lowest BCUT2D eigenvalue weighted by Gasteiger charge is -2.20. The summed E-state index contributed by atoms with van der Waals surface area (Å²) in [6.07, 6.45) is -4.39. The molecule has 1 N–H and O–H groups in total. The van der Waals surface area contributed by atoms with Gasteiger partial charge in [-0.15, -0.1) is 11.3 Å². The van der Waals surface area contributed by atoms with E-state index >= 15 is 0 Å². The third kappa shape index (κ3) is 3.62. The van der Waals surface area contributed by atoms with Gasteiger partial charge in [0, 0.05) is 4.88 Å². The number of ether oxygens (including phenoxy) is 1. The average Bonchev–Trinajstić information content (AvgIpc) is 2.89. The van der Waals surface area contributed by atoms with E-state index in [0.29, 0.717) is 20.9 Å². The molecule has 0 spiro atoms. The van der Waals surface area contributed by atoms with Crippen molar-refractivity contribution in [3.8, 4) is 10.4 Å². The zero-order valence-corrected chi connectivity index (χ0v) is 14.2. The molecule has 2 rings (SSSR count). The van der Waals surface area contributed by atoms with Gasteiger partial charge in [-0.05, 0) is 50.1 Å². The van der Waals surface area contributed by atoms with Gasteiger partial charge in [0.15, 0.2) is 5.60 Å². The summed E-state index contributed by atoms with van der Waals surface area (Å²) in [6, 6.07) is 6.49. The van der Waals surface area contributed by atoms with E-state index in [0.717, 1.165) is 23.5 Å². The molecule has 0 amide bonds. The van der Waals surface area contributed by atoms with Crippen LogP contribution in [0.4, 0.5) is 13.2 Å². The van der Waals surface area contributed by atoms with Gasteiger partial charge in [0.2, 0.25) is 0 Å². The molecule has 7 heteroatoms. The van der Waals surface area contributed by atoms with Crippen LogP contribution in [-0.2, 0) is 21.3 Å². The number of hydrogen-bond acceptors (Lipinski definition) is 4. The first-order valence-electron chi connectivity index (χ1n) is 7.25. The lowest BCUT2D eigenvalue weighted by molar-refractivity contribution is -0.163. The Hall–Kier alpha value is -1.86. The molecule has 1 heterocycles. The number of esters is 1. The number of hydrogen-bond donors (Lipinski definition) is 1. The normalized spacial score (nSPS) is 14.3. The fourth-order valence-corrected chi connectivity index (χ4v) is 3.51. The Morgan fingerprint density at radius 3 is 2.33 bits per heavy atom. The fourth-order valence-electron chi connectivity index (χ4n) is 2.30. The van der Waals surface area contributed by atoms with E-state index in [4.69, 9.17) is 4.74 Å². The molecule has 0 aliphatic rings. The SMILES string of the molecule is CCOC(=O)C(C)(O)c1sc(-c2ccc(C(F)(F)F)cc2)cc1C. The standard InChI is InChI=1S/C17H17F3O3S/c1-4-23-15(21)16(3,22)14-10(2)9-13(24-14)11-5-7-12(8-6-11)17(18,19)20/h5-9,22H,4H2,1-3H3. The highest BCUT2D eigenvalue weighted by Gasteiger charge is 2.37. The highest BCUT2D eigenvalue weighted by Crippen LogP contribution is 2.39. The maximum Gasteiger partial charge on any atom is 0.416 e. The largest absolute Gasteiger partial charge is 0.464 e. The van der Waals surface area contributed by atoms with Gasteiger partial charge in [-0.3, -0.25) is 0 Å². The summed E-state index contributed by atoms with van der Waals surface area (Å²) in [7, 11) is 0. The summed E-state index contributed by atoms with van der Waals surface area (Å²) >= 11 is 1.15. The molecule has 0 aliphatic heterocycles. The summed E-state index contributed by atoms with van der Waals surface area (Å²) in [4.78, 5) is 13.0. The number of aryl methyl sites for hydroxylation is 1. The summed E-state index contributed by atoms with van der Waals surface area (Å²) in [5, 5.41) is 10.5. The first kappa shape index (κ1) is 18.5. The molecule has 3 nitrogen and oxygen atoms in total. The molecule has 1 atom stereocenters. The van der Waals surface area contributed by atoms with Crippen LogP contribution in [0.15, 0.2) is 30.3 Å². The molecular formula is C17H17F3O3S. The van der Waals surface area contributed by atoms with E-state index in [1.807, 2.05) is 0 Å². The van der Waals surface area contributed by atoms with Crippen molar-refractivity contribution >= 4 is 17.3 Å². The molecule has 0 radical (unpaired) electrons. The first-order valence-corrected chi connectivity index (χ1v) is 8.07. The van der Waals surface area contributed by atoms with Gasteiger partial charge in [0.25, 0.3) is 0 Å². The van der Waals surface area contributed by atoms with Gasteiger partial charge in [-0.2, -0.15) is 13.2 Å². The second kappa shape index (κ2) is 6.57. The maximum atomic E-state index is 12.6. The zero-order chi connectivity index (χ0) is 18.1. The Labute approximate surface area is 141 Å². The number of carbonyl (C=O) groups excluding carboxylic acids is 1. The number of halogens is 3. The topological polar surface area (TPSA) is 46.5 Å². The number of benzene rings is 1. The van der Waals surface area contributed by atoms with Crippen LogP contribution in [0.1, 0.15) is 29.9 Å². The highest BCUT2D eigenvalue weighted by atomic mass is 32.1. The maximum absolute atomic E-state index is 12.6. The molecule has 0 saturated carbocycles. The molecule has 1 aromatic carbocycles. The minimum atomic E-state index is -4.39. The fraction of sp³-hybridized carbons (Fsp3) is 0.353. The summed E-state index contributed by atoms with van der Waals surface area (Å²) in [5.74, 6) is -0.756. The van der Waals surface area contributed by atoms with Gasteiger partial charge in [-0.1, -0.05) is 12.1 Å². The van der Waals surface area contributed by atoms with Gasteiger partial charge >= 0.3 is 12.1 Å². The van der Waals surface area contributed by atoms with Crippen LogP contribution in [0, 0.1) is 6.92 Å². The van der Waals surface area contributed by atoms with E-state index < -0.39 is 23.3 Å². The van der Waals surface area contributed by atoms with Crippen molar-refractivity contribution in [3.63, 3.8) is 0 Å². The van der Waals surface area contributed by atoms with Crippen molar-refractivity contribution in [3.05, 3.63) is 46.3 Å². The van der Waals surface area contributed by atoms with Crippen LogP contribution in [0.3, 0.4) is 0 Å². The van der Waals surface area contributed by atoms with E-state index in [-0.39, 0.29) is 6.61 Å². The van der Waals surface area contributed by atoms with Crippen LogP contribution in [0.5, 0.6) is 0 Å². The van der Waals surface area contributed by atoms with Crippen molar-refractivity contribution in [1.82, 2.24) is 0 Å². The molecule has 2 aromatic rings. The van der Waals surface area contributed by atoms with Gasteiger partial charge < -0.3 is 9.84 Å². The van der Waals surface area contributed by atoms with Gasteiger partial charge in [0.05, 0.1) is 17.0 Å². The summed E-state index contributed by atoms with van der Waals surface area (Å²) in [5.41, 5.74) is -1.26. The molecule has 0 saturated heterocycles. The third-order valence-electron chi connectivity index (χ3n) is 3.53. The quantitative estimate of drug-likeness (QED) is 0.818. The van der Waals surface area contributed by atoms with E-state index in [2.05, 4.69) is 0 Å². The van der Waals surface area contributed by atoms with Crippen molar-refractivity contribution in [1.29, 1.82) is 0 Å². The van der Waals surface area contributed by atoms with E-state index in [1.54, 1.807) is 19.9 Å². The summed E-state index contributed by atoms with van der Waals surface area (Å²) < 4.78 is 42.8. The lowest BCUT2D eigenvalue weighted by atomic mass is 10.0. The second-order valence-electron chi connectivity index (χ2n) is 5.49. The lowest BCUT2D eigenvalue weighted by Crippen LogP contribution is -2.33. The summed E-state index contributed by atoms with van der Waals surface area (Å²) in [6.45, 7) is 4.86. The van der Waals surface area contributed by atoms with E-state index in [9.17, 15) is 23.1 Å². The molecule has 130 valence electrons. The number of carbonyl (C=O) groups is 1. The Balaban J connectivity index is 2.37. The Bertz CT molecular complexity index is 731. The van der Waals surface area contributed by atoms with Crippen LogP contribution in [0.25, 0.3) is 10.4 Å². The monoisotopic (exact) mass is 358 g/mol.